The van der Waals surface area contributed by atoms with E-state index in [2.05, 4.69) is 206 Å². The monoisotopic (exact) mass is 788 g/mol. The molecule has 2 aromatic heterocycles. The maximum Gasteiger partial charge on any atom is 0.160 e. The Morgan fingerprint density at radius 2 is 0.823 bits per heavy atom. The van der Waals surface area contributed by atoms with Gasteiger partial charge in [0.05, 0.1) is 16.8 Å². The predicted molar refractivity (Wildman–Crippen MR) is 253 cm³/mol. The molecule has 2 heterocycles. The molecule has 2 aliphatic rings. The lowest BCUT2D eigenvalue weighted by Crippen LogP contribution is -2.29. The number of para-hydroxylation sites is 2. The Balaban J connectivity index is 1.09. The molecule has 3 nitrogen and oxygen atoms in total. The van der Waals surface area contributed by atoms with E-state index in [0.717, 1.165) is 61.1 Å². The van der Waals surface area contributed by atoms with Crippen LogP contribution in [-0.4, -0.2) is 9.97 Å². The molecule has 0 fully saturated rings. The van der Waals surface area contributed by atoms with Gasteiger partial charge in [-0.25, -0.2) is 9.97 Å². The highest BCUT2D eigenvalue weighted by molar-refractivity contribution is 6.09. The number of nitrogens with zero attached hydrogens (tertiary/aromatic N) is 2. The largest absolute Gasteiger partial charge is 0.455 e. The molecular formula is C59H36N2O. The van der Waals surface area contributed by atoms with E-state index in [1.807, 2.05) is 12.1 Å². The van der Waals surface area contributed by atoms with Crippen molar-refractivity contribution in [1.29, 1.82) is 0 Å². The molecule has 11 aromatic rings. The van der Waals surface area contributed by atoms with Crippen LogP contribution in [-0.2, 0) is 5.41 Å². The Bertz CT molecular complexity index is 3530. The Morgan fingerprint density at radius 3 is 1.55 bits per heavy atom. The second kappa shape index (κ2) is 13.4. The van der Waals surface area contributed by atoms with Gasteiger partial charge in [-0.05, 0) is 97.1 Å². The van der Waals surface area contributed by atoms with Crippen molar-refractivity contribution in [3.8, 4) is 78.4 Å². The summed E-state index contributed by atoms with van der Waals surface area (Å²) in [4.78, 5) is 10.9. The van der Waals surface area contributed by atoms with E-state index in [4.69, 9.17) is 14.4 Å². The van der Waals surface area contributed by atoms with Crippen molar-refractivity contribution in [3.05, 3.63) is 241 Å². The molecule has 0 N–H and O–H groups in total. The third-order valence-corrected chi connectivity index (χ3v) is 13.1. The predicted octanol–water partition coefficient (Wildman–Crippen LogP) is 15.1. The first kappa shape index (κ1) is 34.7. The minimum Gasteiger partial charge on any atom is -0.455 e. The van der Waals surface area contributed by atoms with Gasteiger partial charge in [0.2, 0.25) is 0 Å². The molecule has 62 heavy (non-hydrogen) atoms. The summed E-state index contributed by atoms with van der Waals surface area (Å²) < 4.78 is 6.62. The van der Waals surface area contributed by atoms with Crippen LogP contribution in [0.3, 0.4) is 0 Å². The minimum atomic E-state index is -0.613. The summed E-state index contributed by atoms with van der Waals surface area (Å²) in [6.07, 6.45) is 0. The average Bonchev–Trinajstić information content (AvgIpc) is 3.84. The van der Waals surface area contributed by atoms with E-state index in [1.165, 1.54) is 55.6 Å². The molecule has 0 amide bonds. The van der Waals surface area contributed by atoms with Crippen molar-refractivity contribution in [2.45, 2.75) is 5.41 Å². The zero-order valence-electron chi connectivity index (χ0n) is 33.6. The number of furan rings is 1. The Kier molecular flexibility index (Phi) is 7.52. The van der Waals surface area contributed by atoms with Crippen molar-refractivity contribution in [3.63, 3.8) is 0 Å². The molecule has 0 aliphatic heterocycles. The van der Waals surface area contributed by atoms with Crippen LogP contribution in [0.2, 0.25) is 0 Å². The number of hydrogen-bond acceptors (Lipinski definition) is 3. The van der Waals surface area contributed by atoms with E-state index >= 15 is 0 Å². The first-order chi connectivity index (χ1) is 30.7. The number of benzene rings is 9. The number of aromatic nitrogens is 2. The van der Waals surface area contributed by atoms with E-state index < -0.39 is 5.41 Å². The van der Waals surface area contributed by atoms with Crippen LogP contribution in [0, 0.1) is 0 Å². The number of hydrogen-bond donors (Lipinski definition) is 0. The maximum absolute atomic E-state index is 6.62. The van der Waals surface area contributed by atoms with Crippen molar-refractivity contribution in [2.75, 3.05) is 0 Å². The van der Waals surface area contributed by atoms with E-state index in [0.29, 0.717) is 5.82 Å². The molecule has 288 valence electrons. The topological polar surface area (TPSA) is 38.9 Å². The zero-order chi connectivity index (χ0) is 40.8. The maximum atomic E-state index is 6.62. The van der Waals surface area contributed by atoms with Crippen LogP contribution in [0.15, 0.2) is 223 Å². The first-order valence-electron chi connectivity index (χ1n) is 21.2. The van der Waals surface area contributed by atoms with Crippen LogP contribution >= 0.6 is 0 Å². The molecule has 0 atom stereocenters. The highest BCUT2D eigenvalue weighted by atomic mass is 16.3. The summed E-state index contributed by atoms with van der Waals surface area (Å²) in [5, 5.41) is 2.15. The molecule has 0 radical (unpaired) electrons. The van der Waals surface area contributed by atoms with Crippen LogP contribution in [0.5, 0.6) is 0 Å². The average molecular weight is 789 g/mol. The van der Waals surface area contributed by atoms with Gasteiger partial charge in [0.25, 0.3) is 0 Å². The van der Waals surface area contributed by atoms with E-state index in [9.17, 15) is 0 Å². The number of fused-ring (bicyclic) bond motifs is 15. The van der Waals surface area contributed by atoms with E-state index in [-0.39, 0.29) is 0 Å². The molecule has 9 aromatic carbocycles. The second-order valence-corrected chi connectivity index (χ2v) is 16.4. The van der Waals surface area contributed by atoms with E-state index in [1.54, 1.807) is 0 Å². The van der Waals surface area contributed by atoms with Gasteiger partial charge < -0.3 is 4.42 Å². The molecule has 1 spiro atoms. The first-order valence-corrected chi connectivity index (χ1v) is 21.2. The lowest BCUT2D eigenvalue weighted by atomic mass is 9.66. The third-order valence-electron chi connectivity index (χ3n) is 13.1. The lowest BCUT2D eigenvalue weighted by Gasteiger charge is -2.35. The van der Waals surface area contributed by atoms with Gasteiger partial charge in [0.15, 0.2) is 5.82 Å². The van der Waals surface area contributed by atoms with Gasteiger partial charge in [0.1, 0.15) is 11.2 Å². The zero-order valence-corrected chi connectivity index (χ0v) is 33.6. The van der Waals surface area contributed by atoms with Gasteiger partial charge >= 0.3 is 0 Å². The molecule has 0 bridgehead atoms. The summed E-state index contributed by atoms with van der Waals surface area (Å²) in [7, 11) is 0. The van der Waals surface area contributed by atoms with Crippen molar-refractivity contribution in [1.82, 2.24) is 9.97 Å². The highest BCUT2D eigenvalue weighted by Crippen LogP contribution is 2.61. The van der Waals surface area contributed by atoms with Gasteiger partial charge in [-0.1, -0.05) is 188 Å². The summed E-state index contributed by atoms with van der Waals surface area (Å²) in [6, 6.07) is 78.7. The lowest BCUT2D eigenvalue weighted by molar-refractivity contribution is 0.670. The van der Waals surface area contributed by atoms with Crippen molar-refractivity contribution >= 4 is 21.9 Å². The molecule has 0 saturated carbocycles. The van der Waals surface area contributed by atoms with Crippen LogP contribution in [0.1, 0.15) is 22.3 Å². The summed E-state index contributed by atoms with van der Waals surface area (Å²) in [6.45, 7) is 0. The highest BCUT2D eigenvalue weighted by Gasteiger charge is 2.49. The van der Waals surface area contributed by atoms with Crippen molar-refractivity contribution < 1.29 is 4.42 Å². The Labute approximate surface area is 359 Å². The van der Waals surface area contributed by atoms with Crippen LogP contribution in [0.25, 0.3) is 100 Å². The van der Waals surface area contributed by atoms with Gasteiger partial charge in [0, 0.05) is 27.5 Å². The fraction of sp³-hybridized carbons (Fsp3) is 0.0169. The molecule has 0 unspecified atom stereocenters. The summed E-state index contributed by atoms with van der Waals surface area (Å²) in [5.74, 6) is 0.656. The van der Waals surface area contributed by atoms with Gasteiger partial charge in [-0.2, -0.15) is 0 Å². The van der Waals surface area contributed by atoms with Gasteiger partial charge in [-0.3, -0.25) is 0 Å². The fourth-order valence-corrected chi connectivity index (χ4v) is 10.5. The molecule has 3 heteroatoms. The number of rotatable bonds is 4. The SMILES string of the molecule is c1ccc(-c2cccc(-c3cc(-c4cccc5c4oc4ccccc45)nc(-c4ccc5c(c4)C4(c6ccccc6-c6ccccc6-c6ccccc64)c4ccccc4-5)n3)c2)cc1. The Hall–Kier alpha value is -8.14. The summed E-state index contributed by atoms with van der Waals surface area (Å²) >= 11 is 0. The summed E-state index contributed by atoms with van der Waals surface area (Å²) in [5.41, 5.74) is 20.4. The molecular weight excluding hydrogens is 753 g/mol. The fourth-order valence-electron chi connectivity index (χ4n) is 10.5. The quantitative estimate of drug-likeness (QED) is 0.178. The molecule has 2 aliphatic carbocycles. The minimum absolute atomic E-state index is 0.613. The smallest absolute Gasteiger partial charge is 0.160 e. The standard InChI is InChI=1S/C59H36N2O/c1-2-16-37(17-3-1)38-18-14-19-39(34-38)54-36-55(49-27-15-26-48-47-25-9-13-31-56(47)62-57(48)49)61-58(60-54)40-32-33-46-45-24-8-12-30-52(45)59(53(46)35-40)50-28-10-6-22-43(50)41-20-4-5-21-42(41)44-23-7-11-29-51(44)59/h1-36H. The normalized spacial score (nSPS) is 13.0. The van der Waals surface area contributed by atoms with Gasteiger partial charge in [-0.15, -0.1) is 0 Å². The molecule has 13 rings (SSSR count). The third kappa shape index (κ3) is 5.00. The van der Waals surface area contributed by atoms with Crippen LogP contribution in [0.4, 0.5) is 0 Å². The van der Waals surface area contributed by atoms with Crippen molar-refractivity contribution in [2.24, 2.45) is 0 Å². The molecule has 0 saturated heterocycles. The second-order valence-electron chi connectivity index (χ2n) is 16.4. The van der Waals surface area contributed by atoms with Crippen LogP contribution < -0.4 is 0 Å². The Morgan fingerprint density at radius 1 is 0.306 bits per heavy atom.